The van der Waals surface area contributed by atoms with Gasteiger partial charge in [-0.05, 0) is 53.9 Å². The van der Waals surface area contributed by atoms with E-state index in [-0.39, 0.29) is 0 Å². The molecule has 162 valence electrons. The first-order chi connectivity index (χ1) is 15.1. The molecule has 3 aromatic rings. The van der Waals surface area contributed by atoms with Crippen LogP contribution in [0.25, 0.3) is 0 Å². The first-order valence-electron chi connectivity index (χ1n) is 9.96. The Kier molecular flexibility index (Phi) is 7.76. The van der Waals surface area contributed by atoms with Crippen molar-refractivity contribution in [3.63, 3.8) is 0 Å². The number of rotatable bonds is 10. The van der Waals surface area contributed by atoms with Gasteiger partial charge in [0.15, 0.2) is 23.0 Å². The number of hydrogen-bond acceptors (Lipinski definition) is 6. The largest absolute Gasteiger partial charge is 0.493 e. The zero-order chi connectivity index (χ0) is 22.1. The molecule has 1 N–H and O–H groups in total. The Hall–Kier alpha value is -3.67. The molecule has 0 aliphatic carbocycles. The Balaban J connectivity index is 1.57. The normalized spacial score (nSPS) is 10.7. The van der Waals surface area contributed by atoms with Crippen LogP contribution in [0, 0.1) is 6.92 Å². The first-order valence-corrected chi connectivity index (χ1v) is 9.96. The minimum atomic E-state index is 0.483. The lowest BCUT2D eigenvalue weighted by atomic mass is 10.2. The van der Waals surface area contributed by atoms with Gasteiger partial charge in [-0.15, -0.1) is 0 Å². The van der Waals surface area contributed by atoms with Gasteiger partial charge in [-0.2, -0.15) is 5.10 Å². The second-order valence-electron chi connectivity index (χ2n) is 6.97. The van der Waals surface area contributed by atoms with Gasteiger partial charge in [0.1, 0.15) is 6.61 Å². The summed E-state index contributed by atoms with van der Waals surface area (Å²) in [6, 6.07) is 19.8. The highest BCUT2D eigenvalue weighted by Gasteiger charge is 2.06. The summed E-state index contributed by atoms with van der Waals surface area (Å²) in [5.74, 6) is 2.75. The summed E-state index contributed by atoms with van der Waals surface area (Å²) in [5, 5.41) is 4.30. The third kappa shape index (κ3) is 6.15. The molecule has 0 radical (unpaired) electrons. The third-order valence-corrected chi connectivity index (χ3v) is 4.74. The van der Waals surface area contributed by atoms with Gasteiger partial charge >= 0.3 is 0 Å². The number of benzene rings is 3. The van der Waals surface area contributed by atoms with Crippen LogP contribution in [-0.4, -0.2) is 27.5 Å². The van der Waals surface area contributed by atoms with Crippen molar-refractivity contribution >= 4 is 6.21 Å². The van der Waals surface area contributed by atoms with Gasteiger partial charge in [0.2, 0.25) is 0 Å². The lowest BCUT2D eigenvalue weighted by Gasteiger charge is -2.11. The smallest absolute Gasteiger partial charge is 0.161 e. The minimum Gasteiger partial charge on any atom is -0.493 e. The van der Waals surface area contributed by atoms with Crippen LogP contribution < -0.4 is 24.4 Å². The summed E-state index contributed by atoms with van der Waals surface area (Å²) < 4.78 is 22.0. The number of ether oxygens (including phenoxy) is 4. The number of nitrogens with zero attached hydrogens (tertiary/aromatic N) is 1. The quantitative estimate of drug-likeness (QED) is 0.380. The molecule has 6 heteroatoms. The second kappa shape index (κ2) is 10.9. The van der Waals surface area contributed by atoms with Gasteiger partial charge in [-0.3, -0.25) is 0 Å². The molecule has 6 nitrogen and oxygen atoms in total. The van der Waals surface area contributed by atoms with Crippen molar-refractivity contribution < 1.29 is 18.9 Å². The van der Waals surface area contributed by atoms with E-state index in [0.717, 1.165) is 16.7 Å². The number of hydrazone groups is 1. The van der Waals surface area contributed by atoms with Crippen molar-refractivity contribution in [2.75, 3.05) is 21.3 Å². The van der Waals surface area contributed by atoms with Crippen LogP contribution in [0.15, 0.2) is 65.8 Å². The molecule has 0 amide bonds. The van der Waals surface area contributed by atoms with Crippen LogP contribution in [0.4, 0.5) is 0 Å². The highest BCUT2D eigenvalue weighted by Crippen LogP contribution is 2.29. The minimum absolute atomic E-state index is 0.483. The molecule has 0 aliphatic rings. The molecule has 0 saturated carbocycles. The Labute approximate surface area is 183 Å². The fourth-order valence-corrected chi connectivity index (χ4v) is 2.98. The van der Waals surface area contributed by atoms with Crippen LogP contribution >= 0.6 is 0 Å². The van der Waals surface area contributed by atoms with E-state index in [0.29, 0.717) is 36.1 Å². The Morgan fingerprint density at radius 3 is 2.10 bits per heavy atom. The molecule has 0 aromatic heterocycles. The highest BCUT2D eigenvalue weighted by molar-refractivity contribution is 5.80. The molecule has 0 heterocycles. The second-order valence-corrected chi connectivity index (χ2v) is 6.97. The average Bonchev–Trinajstić information content (AvgIpc) is 2.81. The van der Waals surface area contributed by atoms with Crippen LogP contribution in [0.5, 0.6) is 23.0 Å². The molecule has 0 saturated heterocycles. The zero-order valence-corrected chi connectivity index (χ0v) is 18.3. The summed E-state index contributed by atoms with van der Waals surface area (Å²) >= 11 is 0. The monoisotopic (exact) mass is 420 g/mol. The highest BCUT2D eigenvalue weighted by atomic mass is 16.5. The van der Waals surface area contributed by atoms with E-state index in [1.807, 2.05) is 36.4 Å². The summed E-state index contributed by atoms with van der Waals surface area (Å²) in [4.78, 5) is 0. The predicted octanol–water partition coefficient (Wildman–Crippen LogP) is 4.72. The van der Waals surface area contributed by atoms with E-state index in [4.69, 9.17) is 18.9 Å². The van der Waals surface area contributed by atoms with Gasteiger partial charge in [0, 0.05) is 0 Å². The molecule has 0 fully saturated rings. The maximum Gasteiger partial charge on any atom is 0.161 e. The van der Waals surface area contributed by atoms with Crippen molar-refractivity contribution in [1.82, 2.24) is 5.43 Å². The van der Waals surface area contributed by atoms with Crippen molar-refractivity contribution in [2.45, 2.75) is 20.1 Å². The van der Waals surface area contributed by atoms with E-state index in [1.54, 1.807) is 27.5 Å². The van der Waals surface area contributed by atoms with Gasteiger partial charge in [0.05, 0.1) is 34.1 Å². The number of nitrogens with one attached hydrogen (secondary N) is 1. The Morgan fingerprint density at radius 2 is 1.39 bits per heavy atom. The molecular formula is C25H28N2O4. The number of aryl methyl sites for hydroxylation is 1. The molecule has 31 heavy (non-hydrogen) atoms. The SMILES string of the molecule is COc1ccc(CN/N=C/c2ccc(OCc3ccc(C)cc3)c(OC)c2)cc1OC. The van der Waals surface area contributed by atoms with Gasteiger partial charge in [-0.25, -0.2) is 0 Å². The molecule has 3 rings (SSSR count). The summed E-state index contributed by atoms with van der Waals surface area (Å²) in [6.45, 7) is 3.11. The fourth-order valence-electron chi connectivity index (χ4n) is 2.98. The molecule has 0 atom stereocenters. The van der Waals surface area contributed by atoms with Crippen LogP contribution in [-0.2, 0) is 13.2 Å². The van der Waals surface area contributed by atoms with Gasteiger partial charge in [-0.1, -0.05) is 35.9 Å². The van der Waals surface area contributed by atoms with Gasteiger partial charge in [0.25, 0.3) is 0 Å². The van der Waals surface area contributed by atoms with Crippen molar-refractivity contribution in [3.8, 4) is 23.0 Å². The Bertz CT molecular complexity index is 1020. The van der Waals surface area contributed by atoms with E-state index in [9.17, 15) is 0 Å². The topological polar surface area (TPSA) is 61.3 Å². The summed E-state index contributed by atoms with van der Waals surface area (Å²) in [5.41, 5.74) is 7.32. The molecule has 0 unspecified atom stereocenters. The molecule has 0 aliphatic heterocycles. The summed E-state index contributed by atoms with van der Waals surface area (Å²) in [6.07, 6.45) is 1.74. The van der Waals surface area contributed by atoms with Crippen molar-refractivity contribution in [2.24, 2.45) is 5.10 Å². The lowest BCUT2D eigenvalue weighted by molar-refractivity contribution is 0.284. The van der Waals surface area contributed by atoms with E-state index >= 15 is 0 Å². The molecular weight excluding hydrogens is 392 g/mol. The number of hydrogen-bond donors (Lipinski definition) is 1. The fraction of sp³-hybridized carbons (Fsp3) is 0.240. The van der Waals surface area contributed by atoms with E-state index in [2.05, 4.69) is 41.7 Å². The predicted molar refractivity (Wildman–Crippen MR) is 122 cm³/mol. The van der Waals surface area contributed by atoms with Gasteiger partial charge < -0.3 is 24.4 Å². The third-order valence-electron chi connectivity index (χ3n) is 4.74. The molecule has 0 bridgehead atoms. The number of methoxy groups -OCH3 is 3. The van der Waals surface area contributed by atoms with Crippen molar-refractivity contribution in [1.29, 1.82) is 0 Å². The van der Waals surface area contributed by atoms with Crippen LogP contribution in [0.1, 0.15) is 22.3 Å². The maximum absolute atomic E-state index is 5.93. The lowest BCUT2D eigenvalue weighted by Crippen LogP contribution is -2.06. The van der Waals surface area contributed by atoms with Crippen LogP contribution in [0.2, 0.25) is 0 Å². The summed E-state index contributed by atoms with van der Waals surface area (Å²) in [7, 11) is 4.87. The maximum atomic E-state index is 5.93. The Morgan fingerprint density at radius 1 is 0.742 bits per heavy atom. The first kappa shape index (κ1) is 22.0. The molecule has 3 aromatic carbocycles. The van der Waals surface area contributed by atoms with Crippen molar-refractivity contribution in [3.05, 3.63) is 82.9 Å². The van der Waals surface area contributed by atoms with E-state index < -0.39 is 0 Å². The standard InChI is InChI=1S/C25H28N2O4/c1-18-5-7-19(8-6-18)17-31-23-12-10-21(14-25(23)30-4)16-27-26-15-20-9-11-22(28-2)24(13-20)29-3/h5-14,16,26H,15,17H2,1-4H3/b27-16+. The molecule has 0 spiro atoms. The van der Waals surface area contributed by atoms with E-state index in [1.165, 1.54) is 5.56 Å². The average molecular weight is 421 g/mol. The van der Waals surface area contributed by atoms with Crippen LogP contribution in [0.3, 0.4) is 0 Å². The zero-order valence-electron chi connectivity index (χ0n) is 18.3.